The second-order valence-electron chi connectivity index (χ2n) is 12.5. The number of alkyl halides is 1. The molecular formula is C24H40FN5O3Si2. The van der Waals surface area contributed by atoms with Gasteiger partial charge < -0.3 is 19.3 Å². The Labute approximate surface area is 210 Å². The SMILES string of the molecule is CC(C)(C)[Si](C)(C)OC[C@@]1(C#N)O[C@@H](c2ccc3c(N)ncnn23)[C@H](F)C1O[Si](C)(C)C(C)(C)C. The topological polar surface area (TPSA) is 108 Å². The lowest BCUT2D eigenvalue weighted by molar-refractivity contribution is -0.0684. The summed E-state index contributed by atoms with van der Waals surface area (Å²) >= 11 is 0. The van der Waals surface area contributed by atoms with Crippen LogP contribution in [0.5, 0.6) is 0 Å². The van der Waals surface area contributed by atoms with Crippen LogP contribution in [-0.4, -0.2) is 55.7 Å². The van der Waals surface area contributed by atoms with Gasteiger partial charge >= 0.3 is 0 Å². The van der Waals surface area contributed by atoms with E-state index in [9.17, 15) is 5.26 Å². The summed E-state index contributed by atoms with van der Waals surface area (Å²) < 4.78 is 37.2. The first kappa shape index (κ1) is 27.7. The van der Waals surface area contributed by atoms with Crippen LogP contribution in [0.1, 0.15) is 53.3 Å². The quantitative estimate of drug-likeness (QED) is 0.507. The van der Waals surface area contributed by atoms with Crippen molar-refractivity contribution < 1.29 is 18.0 Å². The predicted octanol–water partition coefficient (Wildman–Crippen LogP) is 5.40. The molecule has 1 fully saturated rings. The summed E-state index contributed by atoms with van der Waals surface area (Å²) in [6, 6.07) is 5.71. The summed E-state index contributed by atoms with van der Waals surface area (Å²) in [5, 5.41) is 14.4. The minimum atomic E-state index is -2.47. The molecule has 1 saturated heterocycles. The van der Waals surface area contributed by atoms with Crippen molar-refractivity contribution in [2.24, 2.45) is 0 Å². The van der Waals surface area contributed by atoms with Crippen LogP contribution in [0.2, 0.25) is 36.3 Å². The van der Waals surface area contributed by atoms with E-state index in [2.05, 4.69) is 70.8 Å². The summed E-state index contributed by atoms with van der Waals surface area (Å²) in [5.41, 5.74) is 5.37. The van der Waals surface area contributed by atoms with Crippen LogP contribution >= 0.6 is 0 Å². The highest BCUT2D eigenvalue weighted by Gasteiger charge is 2.61. The molecule has 1 unspecified atom stereocenters. The lowest BCUT2D eigenvalue weighted by Crippen LogP contribution is -2.56. The minimum absolute atomic E-state index is 0.0728. The molecule has 2 aromatic rings. The van der Waals surface area contributed by atoms with E-state index in [-0.39, 0.29) is 22.5 Å². The number of nitriles is 1. The van der Waals surface area contributed by atoms with Gasteiger partial charge in [-0.1, -0.05) is 41.5 Å². The summed E-state index contributed by atoms with van der Waals surface area (Å²) in [5.74, 6) is 0.279. The van der Waals surface area contributed by atoms with Gasteiger partial charge in [0.15, 0.2) is 28.6 Å². The number of rotatable bonds is 6. The standard InChI is InChI=1S/C24H40FN5O3Si2/c1-22(2,3)34(7,8)31-14-24(13-26)20(33-35(9,10)23(4,5)6)18(25)19(32-24)16-11-12-17-21(27)28-15-29-30(16)17/h11-12,15,18-20H,14H2,1-10H3,(H2,27,28,29)/t18-,19-,20?,24+/m0/s1. The van der Waals surface area contributed by atoms with Gasteiger partial charge in [0.25, 0.3) is 0 Å². The fraction of sp³-hybridized carbons (Fsp3) is 0.708. The molecule has 11 heteroatoms. The average Bonchev–Trinajstić information content (AvgIpc) is 3.26. The van der Waals surface area contributed by atoms with E-state index in [0.29, 0.717) is 11.2 Å². The zero-order chi connectivity index (χ0) is 26.6. The molecule has 2 aromatic heterocycles. The van der Waals surface area contributed by atoms with Gasteiger partial charge in [-0.3, -0.25) is 0 Å². The highest BCUT2D eigenvalue weighted by atomic mass is 28.4. The van der Waals surface area contributed by atoms with Gasteiger partial charge in [0.05, 0.1) is 12.3 Å². The maximum absolute atomic E-state index is 16.4. The molecule has 0 amide bonds. The average molecular weight is 522 g/mol. The number of ether oxygens (including phenoxy) is 1. The number of anilines is 1. The minimum Gasteiger partial charge on any atom is -0.413 e. The molecule has 0 bridgehead atoms. The number of nitrogens with two attached hydrogens (primary N) is 1. The Morgan fingerprint density at radius 1 is 1.14 bits per heavy atom. The van der Waals surface area contributed by atoms with E-state index in [4.69, 9.17) is 19.3 Å². The van der Waals surface area contributed by atoms with Gasteiger partial charge in [-0.05, 0) is 48.4 Å². The Morgan fingerprint density at radius 3 is 2.29 bits per heavy atom. The van der Waals surface area contributed by atoms with E-state index < -0.39 is 40.6 Å². The molecule has 3 rings (SSSR count). The van der Waals surface area contributed by atoms with Crippen molar-refractivity contribution in [2.45, 2.75) is 102 Å². The summed E-state index contributed by atoms with van der Waals surface area (Å²) in [4.78, 5) is 4.01. The van der Waals surface area contributed by atoms with Gasteiger partial charge in [-0.15, -0.1) is 0 Å². The van der Waals surface area contributed by atoms with Gasteiger partial charge in [-0.2, -0.15) is 10.4 Å². The molecule has 8 nitrogen and oxygen atoms in total. The first-order valence-electron chi connectivity index (χ1n) is 12.0. The Morgan fingerprint density at radius 2 is 1.74 bits per heavy atom. The molecule has 4 atom stereocenters. The molecule has 0 aliphatic carbocycles. The largest absolute Gasteiger partial charge is 0.413 e. The summed E-state index contributed by atoms with van der Waals surface area (Å²) in [6.45, 7) is 20.8. The lowest BCUT2D eigenvalue weighted by atomic mass is 9.97. The second-order valence-corrected chi connectivity index (χ2v) is 22.1. The first-order chi connectivity index (χ1) is 15.9. The number of hydrogen-bond donors (Lipinski definition) is 1. The maximum atomic E-state index is 16.4. The monoisotopic (exact) mass is 521 g/mol. The van der Waals surface area contributed by atoms with E-state index in [1.54, 1.807) is 12.1 Å². The number of hydrogen-bond acceptors (Lipinski definition) is 7. The van der Waals surface area contributed by atoms with Gasteiger partial charge in [0.2, 0.25) is 5.60 Å². The van der Waals surface area contributed by atoms with Crippen LogP contribution in [-0.2, 0) is 13.6 Å². The van der Waals surface area contributed by atoms with E-state index in [1.165, 1.54) is 10.8 Å². The van der Waals surface area contributed by atoms with E-state index >= 15 is 4.39 Å². The molecule has 2 N–H and O–H groups in total. The number of nitrogen functional groups attached to an aromatic ring is 1. The van der Waals surface area contributed by atoms with Crippen molar-refractivity contribution in [3.8, 4) is 6.07 Å². The number of halogens is 1. The number of nitrogens with zero attached hydrogens (tertiary/aromatic N) is 4. The van der Waals surface area contributed by atoms with Crippen molar-refractivity contribution in [1.29, 1.82) is 5.26 Å². The van der Waals surface area contributed by atoms with Crippen LogP contribution in [0.4, 0.5) is 10.2 Å². The highest BCUT2D eigenvalue weighted by Crippen LogP contribution is 2.48. The van der Waals surface area contributed by atoms with E-state index in [1.807, 2.05) is 13.1 Å². The van der Waals surface area contributed by atoms with Crippen LogP contribution < -0.4 is 5.73 Å². The molecule has 1 aliphatic heterocycles. The zero-order valence-electron chi connectivity index (χ0n) is 22.6. The summed E-state index contributed by atoms with van der Waals surface area (Å²) in [6.07, 6.45) is -2.49. The lowest BCUT2D eigenvalue weighted by Gasteiger charge is -2.43. The Bertz CT molecular complexity index is 1120. The highest BCUT2D eigenvalue weighted by molar-refractivity contribution is 6.74. The van der Waals surface area contributed by atoms with Gasteiger partial charge in [0, 0.05) is 0 Å². The molecule has 0 spiro atoms. The number of fused-ring (bicyclic) bond motifs is 1. The Kier molecular flexibility index (Phi) is 7.07. The maximum Gasteiger partial charge on any atom is 0.204 e. The molecular weight excluding hydrogens is 481 g/mol. The normalized spacial score (nSPS) is 26.3. The van der Waals surface area contributed by atoms with Crippen LogP contribution in [0.25, 0.3) is 5.52 Å². The molecule has 1 aliphatic rings. The van der Waals surface area contributed by atoms with Crippen molar-refractivity contribution in [2.75, 3.05) is 12.3 Å². The van der Waals surface area contributed by atoms with Crippen LogP contribution in [0.15, 0.2) is 18.5 Å². The third-order valence-corrected chi connectivity index (χ3v) is 17.0. The Balaban J connectivity index is 2.07. The molecule has 0 aromatic carbocycles. The zero-order valence-corrected chi connectivity index (χ0v) is 24.6. The van der Waals surface area contributed by atoms with Crippen molar-refractivity contribution in [3.05, 3.63) is 24.2 Å². The third-order valence-electron chi connectivity index (χ3n) is 8.05. The van der Waals surface area contributed by atoms with Crippen molar-refractivity contribution in [1.82, 2.24) is 14.6 Å². The third kappa shape index (κ3) is 4.91. The predicted molar refractivity (Wildman–Crippen MR) is 140 cm³/mol. The van der Waals surface area contributed by atoms with E-state index in [0.717, 1.165) is 0 Å². The smallest absolute Gasteiger partial charge is 0.204 e. The molecule has 194 valence electrons. The Hall–Kier alpha value is -1.85. The second kappa shape index (κ2) is 8.92. The molecule has 0 radical (unpaired) electrons. The van der Waals surface area contributed by atoms with Crippen LogP contribution in [0.3, 0.4) is 0 Å². The van der Waals surface area contributed by atoms with Crippen LogP contribution in [0, 0.1) is 11.3 Å². The molecule has 35 heavy (non-hydrogen) atoms. The number of aromatic nitrogens is 3. The first-order valence-corrected chi connectivity index (χ1v) is 17.8. The van der Waals surface area contributed by atoms with Gasteiger partial charge in [0.1, 0.15) is 30.1 Å². The molecule has 3 heterocycles. The van der Waals surface area contributed by atoms with Crippen molar-refractivity contribution >= 4 is 28.0 Å². The summed E-state index contributed by atoms with van der Waals surface area (Å²) in [7, 11) is -4.74. The van der Waals surface area contributed by atoms with Crippen molar-refractivity contribution in [3.63, 3.8) is 0 Å². The fourth-order valence-electron chi connectivity index (χ4n) is 3.58. The fourth-order valence-corrected chi connectivity index (χ4v) is 5.90. The molecule has 0 saturated carbocycles. The van der Waals surface area contributed by atoms with Gasteiger partial charge in [-0.25, -0.2) is 13.9 Å².